The van der Waals surface area contributed by atoms with E-state index in [-0.39, 0.29) is 17.2 Å². The summed E-state index contributed by atoms with van der Waals surface area (Å²) in [5, 5.41) is 6.73. The topological polar surface area (TPSA) is 55.1 Å². The minimum atomic E-state index is -0.295. The number of hydrogen-bond acceptors (Lipinski definition) is 3. The normalized spacial score (nSPS) is 11.3. The molecule has 4 nitrogen and oxygen atoms in total. The summed E-state index contributed by atoms with van der Waals surface area (Å²) >= 11 is 0. The summed E-state index contributed by atoms with van der Waals surface area (Å²) < 4.78 is 5.06. The lowest BCUT2D eigenvalue weighted by Crippen LogP contribution is -2.40. The number of hydrogen-bond donors (Lipinski definition) is 1. The van der Waals surface area contributed by atoms with Gasteiger partial charge in [0.25, 0.3) is 5.91 Å². The molecule has 0 spiro atoms. The van der Waals surface area contributed by atoms with E-state index >= 15 is 0 Å². The molecule has 1 amide bonds. The van der Waals surface area contributed by atoms with Crippen LogP contribution in [0.25, 0.3) is 11.3 Å². The molecule has 0 aliphatic rings. The number of carbonyl (C=O) groups is 1. The summed E-state index contributed by atoms with van der Waals surface area (Å²) in [6, 6.07) is 11.2. The quantitative estimate of drug-likeness (QED) is 0.883. The molecular weight excluding hydrogens is 228 g/mol. The molecular formula is C14H16N2O2. The maximum Gasteiger partial charge on any atom is 0.290 e. The maximum absolute atomic E-state index is 11.9. The van der Waals surface area contributed by atoms with Crippen molar-refractivity contribution in [3.63, 3.8) is 0 Å². The van der Waals surface area contributed by atoms with Gasteiger partial charge in [0.15, 0.2) is 0 Å². The Morgan fingerprint density at radius 3 is 2.50 bits per heavy atom. The summed E-state index contributed by atoms with van der Waals surface area (Å²) in [4.78, 5) is 11.9. The molecule has 0 saturated carbocycles. The summed E-state index contributed by atoms with van der Waals surface area (Å²) in [6.45, 7) is 5.75. The van der Waals surface area contributed by atoms with Gasteiger partial charge in [0, 0.05) is 17.2 Å². The van der Waals surface area contributed by atoms with Gasteiger partial charge in [0.1, 0.15) is 5.69 Å². The molecule has 0 aliphatic carbocycles. The zero-order valence-corrected chi connectivity index (χ0v) is 10.7. The largest absolute Gasteiger partial charge is 0.350 e. The molecule has 94 valence electrons. The molecule has 1 N–H and O–H groups in total. The van der Waals surface area contributed by atoms with E-state index in [1.807, 2.05) is 51.1 Å². The first-order chi connectivity index (χ1) is 8.46. The monoisotopic (exact) mass is 244 g/mol. The number of nitrogens with zero attached hydrogens (tertiary/aromatic N) is 1. The van der Waals surface area contributed by atoms with Crippen LogP contribution in [0.2, 0.25) is 0 Å². The molecule has 0 bridgehead atoms. The van der Waals surface area contributed by atoms with Gasteiger partial charge in [-0.05, 0) is 20.8 Å². The van der Waals surface area contributed by atoms with Gasteiger partial charge in [-0.3, -0.25) is 4.79 Å². The van der Waals surface area contributed by atoms with Crippen LogP contribution >= 0.6 is 0 Å². The van der Waals surface area contributed by atoms with Crippen molar-refractivity contribution in [2.45, 2.75) is 26.3 Å². The number of rotatable bonds is 2. The molecule has 0 radical (unpaired) electrons. The Morgan fingerprint density at radius 1 is 1.22 bits per heavy atom. The lowest BCUT2D eigenvalue weighted by molar-refractivity contribution is 0.0882. The van der Waals surface area contributed by atoms with Crippen LogP contribution in [0.5, 0.6) is 0 Å². The lowest BCUT2D eigenvalue weighted by Gasteiger charge is -2.18. The van der Waals surface area contributed by atoms with Crippen molar-refractivity contribution in [3.05, 3.63) is 42.2 Å². The fourth-order valence-corrected chi connectivity index (χ4v) is 1.53. The van der Waals surface area contributed by atoms with Crippen molar-refractivity contribution in [1.29, 1.82) is 0 Å². The molecule has 1 aromatic heterocycles. The third-order valence-electron chi connectivity index (χ3n) is 2.29. The van der Waals surface area contributed by atoms with Crippen LogP contribution in [-0.4, -0.2) is 16.6 Å². The van der Waals surface area contributed by atoms with Crippen molar-refractivity contribution < 1.29 is 9.32 Å². The minimum absolute atomic E-state index is 0.226. The van der Waals surface area contributed by atoms with Gasteiger partial charge in [-0.1, -0.05) is 35.5 Å². The third-order valence-corrected chi connectivity index (χ3v) is 2.29. The number of carbonyl (C=O) groups excluding carboxylic acids is 1. The van der Waals surface area contributed by atoms with Crippen LogP contribution in [0.15, 0.2) is 40.9 Å². The summed E-state index contributed by atoms with van der Waals surface area (Å²) in [5.41, 5.74) is 1.29. The molecule has 0 saturated heterocycles. The Labute approximate surface area is 106 Å². The second-order valence-electron chi connectivity index (χ2n) is 5.15. The molecule has 1 aromatic carbocycles. The molecule has 2 rings (SSSR count). The fourth-order valence-electron chi connectivity index (χ4n) is 1.53. The maximum atomic E-state index is 11.9. The fraction of sp³-hybridized carbons (Fsp3) is 0.286. The van der Waals surface area contributed by atoms with E-state index in [4.69, 9.17) is 4.52 Å². The SMILES string of the molecule is CC(C)(C)NC(=O)c1cc(-c2ccccc2)no1. The van der Waals surface area contributed by atoms with Crippen LogP contribution in [0.4, 0.5) is 0 Å². The van der Waals surface area contributed by atoms with E-state index in [9.17, 15) is 4.79 Å². The first-order valence-corrected chi connectivity index (χ1v) is 5.80. The molecule has 0 unspecified atom stereocenters. The van der Waals surface area contributed by atoms with E-state index in [1.165, 1.54) is 0 Å². The molecule has 4 heteroatoms. The summed E-state index contributed by atoms with van der Waals surface area (Å²) in [7, 11) is 0. The van der Waals surface area contributed by atoms with E-state index < -0.39 is 0 Å². The highest BCUT2D eigenvalue weighted by Gasteiger charge is 2.19. The van der Waals surface area contributed by atoms with Gasteiger partial charge in [-0.2, -0.15) is 0 Å². The average molecular weight is 244 g/mol. The smallest absolute Gasteiger partial charge is 0.290 e. The van der Waals surface area contributed by atoms with E-state index in [2.05, 4.69) is 10.5 Å². The number of benzene rings is 1. The average Bonchev–Trinajstić information content (AvgIpc) is 2.77. The zero-order chi connectivity index (χ0) is 13.2. The van der Waals surface area contributed by atoms with Crippen LogP contribution in [0, 0.1) is 0 Å². The van der Waals surface area contributed by atoms with Gasteiger partial charge in [0.2, 0.25) is 5.76 Å². The Bertz CT molecular complexity index is 538. The van der Waals surface area contributed by atoms with Crippen molar-refractivity contribution in [3.8, 4) is 11.3 Å². The summed E-state index contributed by atoms with van der Waals surface area (Å²) in [6.07, 6.45) is 0. The van der Waals surface area contributed by atoms with Crippen LogP contribution < -0.4 is 5.32 Å². The van der Waals surface area contributed by atoms with Gasteiger partial charge in [-0.25, -0.2) is 0 Å². The highest BCUT2D eigenvalue weighted by molar-refractivity contribution is 5.92. The zero-order valence-electron chi connectivity index (χ0n) is 10.7. The van der Waals surface area contributed by atoms with Gasteiger partial charge >= 0.3 is 0 Å². The third kappa shape index (κ3) is 2.97. The van der Waals surface area contributed by atoms with Gasteiger partial charge < -0.3 is 9.84 Å². The Kier molecular flexibility index (Phi) is 3.19. The summed E-state index contributed by atoms with van der Waals surface area (Å²) in [5.74, 6) is -0.0269. The highest BCUT2D eigenvalue weighted by atomic mass is 16.5. The lowest BCUT2D eigenvalue weighted by atomic mass is 10.1. The van der Waals surface area contributed by atoms with Crippen LogP contribution in [0.3, 0.4) is 0 Å². The predicted octanol–water partition coefficient (Wildman–Crippen LogP) is 2.87. The van der Waals surface area contributed by atoms with Crippen LogP contribution in [-0.2, 0) is 0 Å². The highest BCUT2D eigenvalue weighted by Crippen LogP contribution is 2.18. The van der Waals surface area contributed by atoms with E-state index in [0.29, 0.717) is 5.69 Å². The van der Waals surface area contributed by atoms with Gasteiger partial charge in [-0.15, -0.1) is 0 Å². The minimum Gasteiger partial charge on any atom is -0.350 e. The number of aromatic nitrogens is 1. The Balaban J connectivity index is 2.19. The standard InChI is InChI=1S/C14H16N2O2/c1-14(2,3)15-13(17)12-9-11(16-18-12)10-7-5-4-6-8-10/h4-9H,1-3H3,(H,15,17). The van der Waals surface area contributed by atoms with E-state index in [1.54, 1.807) is 6.07 Å². The Morgan fingerprint density at radius 2 is 1.89 bits per heavy atom. The number of amides is 1. The molecule has 0 atom stereocenters. The molecule has 1 heterocycles. The second-order valence-corrected chi connectivity index (χ2v) is 5.15. The van der Waals surface area contributed by atoms with Crippen LogP contribution in [0.1, 0.15) is 31.3 Å². The second kappa shape index (κ2) is 4.64. The molecule has 0 fully saturated rings. The Hall–Kier alpha value is -2.10. The van der Waals surface area contributed by atoms with Gasteiger partial charge in [0.05, 0.1) is 0 Å². The van der Waals surface area contributed by atoms with Crippen molar-refractivity contribution in [2.75, 3.05) is 0 Å². The molecule has 0 aliphatic heterocycles. The van der Waals surface area contributed by atoms with Crippen molar-refractivity contribution in [1.82, 2.24) is 10.5 Å². The first kappa shape index (κ1) is 12.4. The molecule has 2 aromatic rings. The van der Waals surface area contributed by atoms with E-state index in [0.717, 1.165) is 5.56 Å². The number of nitrogens with one attached hydrogen (secondary N) is 1. The molecule has 18 heavy (non-hydrogen) atoms. The first-order valence-electron chi connectivity index (χ1n) is 5.80. The predicted molar refractivity (Wildman–Crippen MR) is 69.2 cm³/mol. The van der Waals surface area contributed by atoms with Crippen molar-refractivity contribution >= 4 is 5.91 Å². The van der Waals surface area contributed by atoms with Crippen molar-refractivity contribution in [2.24, 2.45) is 0 Å².